The number of benzene rings is 2. The molecule has 0 saturated carbocycles. The Morgan fingerprint density at radius 2 is 2.00 bits per heavy atom. The van der Waals surface area contributed by atoms with Gasteiger partial charge in [0.15, 0.2) is 5.13 Å². The van der Waals surface area contributed by atoms with E-state index in [-0.39, 0.29) is 0 Å². The molecule has 108 valence electrons. The van der Waals surface area contributed by atoms with Gasteiger partial charge >= 0.3 is 0 Å². The number of fused-ring (bicyclic) bond motifs is 1. The van der Waals surface area contributed by atoms with Crippen LogP contribution in [-0.2, 0) is 6.42 Å². The predicted octanol–water partition coefficient (Wildman–Crippen LogP) is 6.02. The molecule has 3 aromatic rings. The summed E-state index contributed by atoms with van der Waals surface area (Å²) in [6, 6.07) is 11.7. The maximum absolute atomic E-state index is 6.16. The molecule has 0 aliphatic carbocycles. The van der Waals surface area contributed by atoms with Crippen LogP contribution in [0, 0.1) is 0 Å². The van der Waals surface area contributed by atoms with E-state index in [2.05, 4.69) is 32.3 Å². The highest BCUT2D eigenvalue weighted by molar-refractivity contribution is 9.10. The van der Waals surface area contributed by atoms with Crippen LogP contribution in [0.3, 0.4) is 0 Å². The Morgan fingerprint density at radius 3 is 2.81 bits per heavy atom. The molecule has 0 amide bonds. The van der Waals surface area contributed by atoms with Crippen LogP contribution in [0.4, 0.5) is 5.13 Å². The second-order valence-electron chi connectivity index (χ2n) is 4.54. The number of nitrogens with one attached hydrogen (secondary N) is 1. The molecule has 1 heterocycles. The highest BCUT2D eigenvalue weighted by Crippen LogP contribution is 2.28. The number of aromatic nitrogens is 1. The van der Waals surface area contributed by atoms with E-state index < -0.39 is 0 Å². The van der Waals surface area contributed by atoms with Gasteiger partial charge in [0.2, 0.25) is 0 Å². The molecule has 2 aromatic carbocycles. The lowest BCUT2D eigenvalue weighted by Crippen LogP contribution is -2.04. The lowest BCUT2D eigenvalue weighted by molar-refractivity contribution is 1.02. The van der Waals surface area contributed by atoms with Gasteiger partial charge in [-0.2, -0.15) is 0 Å². The number of halogens is 3. The minimum Gasteiger partial charge on any atom is -0.361 e. The van der Waals surface area contributed by atoms with Crippen LogP contribution in [0.5, 0.6) is 0 Å². The zero-order valence-corrected chi connectivity index (χ0v) is 14.8. The average Bonchev–Trinajstić information content (AvgIpc) is 2.83. The van der Waals surface area contributed by atoms with Crippen molar-refractivity contribution >= 4 is 65.8 Å². The maximum atomic E-state index is 6.16. The molecule has 0 atom stereocenters. The van der Waals surface area contributed by atoms with E-state index in [1.807, 2.05) is 24.3 Å². The van der Waals surface area contributed by atoms with Crippen molar-refractivity contribution in [2.24, 2.45) is 0 Å². The quantitative estimate of drug-likeness (QED) is 0.578. The predicted molar refractivity (Wildman–Crippen MR) is 96.0 cm³/mol. The first-order valence-corrected chi connectivity index (χ1v) is 8.72. The zero-order chi connectivity index (χ0) is 14.8. The molecule has 3 rings (SSSR count). The summed E-state index contributed by atoms with van der Waals surface area (Å²) < 4.78 is 2.23. The van der Waals surface area contributed by atoms with Crippen LogP contribution < -0.4 is 5.32 Å². The molecule has 0 fully saturated rings. The van der Waals surface area contributed by atoms with Crippen molar-refractivity contribution in [3.8, 4) is 0 Å². The lowest BCUT2D eigenvalue weighted by Gasteiger charge is -2.05. The molecule has 2 nitrogen and oxygen atoms in total. The fourth-order valence-corrected chi connectivity index (χ4v) is 3.95. The molecular weight excluding hydrogens is 391 g/mol. The lowest BCUT2D eigenvalue weighted by atomic mass is 10.1. The Bertz CT molecular complexity index is 788. The van der Waals surface area contributed by atoms with E-state index in [4.69, 9.17) is 23.2 Å². The van der Waals surface area contributed by atoms with Gasteiger partial charge in [-0.3, -0.25) is 0 Å². The molecule has 0 saturated heterocycles. The number of nitrogens with zero attached hydrogens (tertiary/aromatic N) is 1. The van der Waals surface area contributed by atoms with Crippen molar-refractivity contribution in [2.75, 3.05) is 11.9 Å². The Morgan fingerprint density at radius 1 is 1.14 bits per heavy atom. The second-order valence-corrected chi connectivity index (χ2v) is 7.33. The second kappa shape index (κ2) is 6.53. The third kappa shape index (κ3) is 3.69. The summed E-state index contributed by atoms with van der Waals surface area (Å²) >= 11 is 17.2. The van der Waals surface area contributed by atoms with Crippen molar-refractivity contribution in [2.45, 2.75) is 6.42 Å². The van der Waals surface area contributed by atoms with E-state index in [0.29, 0.717) is 10.0 Å². The fraction of sp³-hybridized carbons (Fsp3) is 0.133. The normalized spacial score (nSPS) is 11.0. The van der Waals surface area contributed by atoms with Crippen LogP contribution in [-0.4, -0.2) is 11.5 Å². The minimum absolute atomic E-state index is 0.661. The molecule has 1 aromatic heterocycles. The van der Waals surface area contributed by atoms with E-state index in [9.17, 15) is 0 Å². The number of anilines is 1. The number of thiazole rings is 1. The number of rotatable bonds is 4. The van der Waals surface area contributed by atoms with Gasteiger partial charge in [-0.05, 0) is 42.3 Å². The Hall–Kier alpha value is -0.810. The number of hydrogen-bond acceptors (Lipinski definition) is 3. The molecule has 0 aliphatic rings. The summed E-state index contributed by atoms with van der Waals surface area (Å²) in [7, 11) is 0. The molecule has 0 spiro atoms. The van der Waals surface area contributed by atoms with Gasteiger partial charge in [-0.1, -0.05) is 56.5 Å². The van der Waals surface area contributed by atoms with Crippen molar-refractivity contribution in [1.29, 1.82) is 0 Å². The molecule has 0 aliphatic heterocycles. The topological polar surface area (TPSA) is 24.9 Å². The Labute approximate surface area is 145 Å². The van der Waals surface area contributed by atoms with Gasteiger partial charge in [0.1, 0.15) is 0 Å². The summed E-state index contributed by atoms with van der Waals surface area (Å²) in [5.74, 6) is 0. The van der Waals surface area contributed by atoms with E-state index in [1.165, 1.54) is 0 Å². The first-order chi connectivity index (χ1) is 10.1. The zero-order valence-electron chi connectivity index (χ0n) is 10.9. The van der Waals surface area contributed by atoms with Crippen molar-refractivity contribution in [1.82, 2.24) is 4.98 Å². The summed E-state index contributed by atoms with van der Waals surface area (Å²) in [4.78, 5) is 4.55. The molecule has 21 heavy (non-hydrogen) atoms. The molecule has 0 radical (unpaired) electrons. The van der Waals surface area contributed by atoms with Gasteiger partial charge in [0.25, 0.3) is 0 Å². The van der Waals surface area contributed by atoms with Gasteiger partial charge in [-0.15, -0.1) is 0 Å². The van der Waals surface area contributed by atoms with Crippen molar-refractivity contribution in [3.63, 3.8) is 0 Å². The van der Waals surface area contributed by atoms with Gasteiger partial charge in [-0.25, -0.2) is 4.98 Å². The summed E-state index contributed by atoms with van der Waals surface area (Å²) in [5.41, 5.74) is 2.09. The van der Waals surface area contributed by atoms with Crippen LogP contribution >= 0.6 is 50.5 Å². The van der Waals surface area contributed by atoms with Gasteiger partial charge < -0.3 is 5.32 Å². The van der Waals surface area contributed by atoms with Crippen LogP contribution in [0.1, 0.15) is 5.56 Å². The largest absolute Gasteiger partial charge is 0.361 e. The van der Waals surface area contributed by atoms with E-state index in [0.717, 1.165) is 38.3 Å². The van der Waals surface area contributed by atoms with Gasteiger partial charge in [0.05, 0.1) is 10.2 Å². The first-order valence-electron chi connectivity index (χ1n) is 6.36. The molecule has 0 bridgehead atoms. The number of hydrogen-bond donors (Lipinski definition) is 1. The molecule has 6 heteroatoms. The minimum atomic E-state index is 0.661. The third-order valence-corrected chi connectivity index (χ3v) is 5.09. The smallest absolute Gasteiger partial charge is 0.183 e. The monoisotopic (exact) mass is 400 g/mol. The first kappa shape index (κ1) is 15.1. The van der Waals surface area contributed by atoms with E-state index >= 15 is 0 Å². The average molecular weight is 402 g/mol. The molecular formula is C15H11BrCl2N2S. The fourth-order valence-electron chi connectivity index (χ4n) is 2.00. The SMILES string of the molecule is Clc1ccc(CCNc2nc3ccc(Br)cc3s2)c(Cl)c1. The maximum Gasteiger partial charge on any atom is 0.183 e. The summed E-state index contributed by atoms with van der Waals surface area (Å²) in [5, 5.41) is 5.64. The highest BCUT2D eigenvalue weighted by atomic mass is 79.9. The van der Waals surface area contributed by atoms with Crippen LogP contribution in [0.2, 0.25) is 10.0 Å². The summed E-state index contributed by atoms with van der Waals surface area (Å²) in [6.45, 7) is 0.780. The van der Waals surface area contributed by atoms with Crippen LogP contribution in [0.15, 0.2) is 40.9 Å². The van der Waals surface area contributed by atoms with Gasteiger partial charge in [0, 0.05) is 21.1 Å². The molecule has 1 N–H and O–H groups in total. The third-order valence-electron chi connectivity index (χ3n) is 3.04. The van der Waals surface area contributed by atoms with Crippen molar-refractivity contribution in [3.05, 3.63) is 56.5 Å². The van der Waals surface area contributed by atoms with E-state index in [1.54, 1.807) is 17.4 Å². The highest BCUT2D eigenvalue weighted by Gasteiger charge is 2.05. The molecule has 0 unspecified atom stereocenters. The summed E-state index contributed by atoms with van der Waals surface area (Å²) in [6.07, 6.45) is 0.829. The Balaban J connectivity index is 1.66. The standard InChI is InChI=1S/C15H11BrCl2N2S/c16-10-2-4-13-14(7-10)21-15(20-13)19-6-5-9-1-3-11(17)8-12(9)18/h1-4,7-8H,5-6H2,(H,19,20). The Kier molecular flexibility index (Phi) is 4.69. The van der Waals surface area contributed by atoms with Crippen molar-refractivity contribution < 1.29 is 0 Å². The van der Waals surface area contributed by atoms with Crippen LogP contribution in [0.25, 0.3) is 10.2 Å².